The van der Waals surface area contributed by atoms with E-state index in [9.17, 15) is 4.79 Å². The molecule has 1 heterocycles. The molecule has 0 aromatic rings. The van der Waals surface area contributed by atoms with Gasteiger partial charge in [-0.2, -0.15) is 0 Å². The Labute approximate surface area is 109 Å². The Morgan fingerprint density at radius 1 is 1.39 bits per heavy atom. The number of hydrogen-bond acceptors (Lipinski definition) is 4. The minimum Gasteiger partial charge on any atom is -0.468 e. The van der Waals surface area contributed by atoms with Gasteiger partial charge in [0.05, 0.1) is 13.2 Å². The number of methoxy groups -OCH3 is 1. The predicted octanol–water partition coefficient (Wildman–Crippen LogP) is 1.88. The number of hydrogen-bond donors (Lipinski definition) is 1. The van der Waals surface area contributed by atoms with Crippen LogP contribution in [-0.2, 0) is 14.3 Å². The maximum atomic E-state index is 12.0. The van der Waals surface area contributed by atoms with Gasteiger partial charge in [0, 0.05) is 13.2 Å². The molecule has 0 radical (unpaired) electrons. The van der Waals surface area contributed by atoms with Crippen LogP contribution in [0, 0.1) is 5.92 Å². The molecule has 4 nitrogen and oxygen atoms in total. The van der Waals surface area contributed by atoms with Crippen LogP contribution in [-0.4, -0.2) is 37.9 Å². The van der Waals surface area contributed by atoms with Gasteiger partial charge in [-0.3, -0.25) is 10.1 Å². The molecule has 2 fully saturated rings. The molecule has 18 heavy (non-hydrogen) atoms. The SMILES string of the molecule is COC(=O)C(C)(CC1CCC1)NCC1CCCO1. The standard InChI is InChI=1S/C14H25NO3/c1-14(13(16)17-2,9-11-5-3-6-11)15-10-12-7-4-8-18-12/h11-12,15H,3-10H2,1-2H3. The molecule has 0 aromatic carbocycles. The highest BCUT2D eigenvalue weighted by Gasteiger charge is 2.38. The van der Waals surface area contributed by atoms with Gasteiger partial charge >= 0.3 is 5.97 Å². The minimum absolute atomic E-state index is 0.146. The molecule has 4 heteroatoms. The van der Waals surface area contributed by atoms with Crippen LogP contribution < -0.4 is 5.32 Å². The summed E-state index contributed by atoms with van der Waals surface area (Å²) < 4.78 is 10.6. The number of carbonyl (C=O) groups is 1. The molecule has 2 aliphatic rings. The molecule has 0 bridgehead atoms. The van der Waals surface area contributed by atoms with Crippen LogP contribution in [0.3, 0.4) is 0 Å². The Kier molecular flexibility index (Phi) is 4.62. The van der Waals surface area contributed by atoms with Gasteiger partial charge in [0.25, 0.3) is 0 Å². The highest BCUT2D eigenvalue weighted by atomic mass is 16.5. The number of esters is 1. The van der Waals surface area contributed by atoms with Gasteiger partial charge in [0.2, 0.25) is 0 Å². The second-order valence-corrected chi connectivity index (χ2v) is 5.84. The normalized spacial score (nSPS) is 27.6. The molecule has 0 amide bonds. The molecule has 1 aliphatic heterocycles. The maximum Gasteiger partial charge on any atom is 0.325 e. The highest BCUT2D eigenvalue weighted by Crippen LogP contribution is 2.34. The Hall–Kier alpha value is -0.610. The van der Waals surface area contributed by atoms with Crippen molar-refractivity contribution in [2.45, 2.75) is 57.1 Å². The molecule has 1 aliphatic carbocycles. The van der Waals surface area contributed by atoms with Crippen molar-refractivity contribution in [3.63, 3.8) is 0 Å². The average Bonchev–Trinajstić information content (AvgIpc) is 2.83. The van der Waals surface area contributed by atoms with Gasteiger partial charge in [-0.1, -0.05) is 19.3 Å². The first-order valence-corrected chi connectivity index (χ1v) is 7.09. The summed E-state index contributed by atoms with van der Waals surface area (Å²) >= 11 is 0. The first kappa shape index (κ1) is 13.8. The third-order valence-corrected chi connectivity index (χ3v) is 4.30. The number of rotatable bonds is 6. The van der Waals surface area contributed by atoms with Crippen LogP contribution in [0.15, 0.2) is 0 Å². The molecule has 0 spiro atoms. The molecule has 2 rings (SSSR count). The van der Waals surface area contributed by atoms with E-state index in [2.05, 4.69) is 5.32 Å². The summed E-state index contributed by atoms with van der Waals surface area (Å²) in [5, 5.41) is 3.39. The molecule has 0 aromatic heterocycles. The third kappa shape index (κ3) is 3.23. The molecule has 1 saturated carbocycles. The van der Waals surface area contributed by atoms with E-state index in [0.29, 0.717) is 5.92 Å². The van der Waals surface area contributed by atoms with E-state index in [1.165, 1.54) is 26.4 Å². The van der Waals surface area contributed by atoms with Crippen molar-refractivity contribution in [1.29, 1.82) is 0 Å². The molecule has 2 atom stereocenters. The lowest BCUT2D eigenvalue weighted by Gasteiger charge is -2.36. The monoisotopic (exact) mass is 255 g/mol. The Morgan fingerprint density at radius 3 is 2.67 bits per heavy atom. The van der Waals surface area contributed by atoms with Gasteiger partial charge in [0.15, 0.2) is 0 Å². The Bertz CT molecular complexity index is 285. The highest BCUT2D eigenvalue weighted by molar-refractivity contribution is 5.80. The zero-order chi connectivity index (χ0) is 13.0. The fraction of sp³-hybridized carbons (Fsp3) is 0.929. The number of nitrogens with one attached hydrogen (secondary N) is 1. The molecule has 2 unspecified atom stereocenters. The lowest BCUT2D eigenvalue weighted by Crippen LogP contribution is -2.54. The molecule has 1 saturated heterocycles. The van der Waals surface area contributed by atoms with Crippen molar-refractivity contribution < 1.29 is 14.3 Å². The van der Waals surface area contributed by atoms with Gasteiger partial charge in [0.1, 0.15) is 5.54 Å². The van der Waals surface area contributed by atoms with Gasteiger partial charge in [-0.25, -0.2) is 0 Å². The van der Waals surface area contributed by atoms with E-state index in [-0.39, 0.29) is 12.1 Å². The summed E-state index contributed by atoms with van der Waals surface area (Å²) in [6.45, 7) is 3.56. The predicted molar refractivity (Wildman–Crippen MR) is 69.4 cm³/mol. The molecular formula is C14H25NO3. The van der Waals surface area contributed by atoms with Crippen molar-refractivity contribution in [1.82, 2.24) is 5.32 Å². The summed E-state index contributed by atoms with van der Waals surface area (Å²) in [6.07, 6.45) is 7.15. The average molecular weight is 255 g/mol. The first-order chi connectivity index (χ1) is 8.64. The van der Waals surface area contributed by atoms with Gasteiger partial charge in [-0.05, 0) is 32.1 Å². The Balaban J connectivity index is 1.87. The topological polar surface area (TPSA) is 47.6 Å². The Morgan fingerprint density at radius 2 is 2.17 bits per heavy atom. The summed E-state index contributed by atoms with van der Waals surface area (Å²) in [6, 6.07) is 0. The van der Waals surface area contributed by atoms with Crippen molar-refractivity contribution in [2.75, 3.05) is 20.3 Å². The van der Waals surface area contributed by atoms with Crippen LogP contribution in [0.1, 0.15) is 45.4 Å². The van der Waals surface area contributed by atoms with Crippen molar-refractivity contribution >= 4 is 5.97 Å². The van der Waals surface area contributed by atoms with Gasteiger partial charge in [-0.15, -0.1) is 0 Å². The zero-order valence-electron chi connectivity index (χ0n) is 11.5. The van der Waals surface area contributed by atoms with Crippen LogP contribution in [0.4, 0.5) is 0 Å². The molecule has 1 N–H and O–H groups in total. The third-order valence-electron chi connectivity index (χ3n) is 4.30. The smallest absolute Gasteiger partial charge is 0.325 e. The van der Waals surface area contributed by atoms with E-state index >= 15 is 0 Å². The van der Waals surface area contributed by atoms with Crippen molar-refractivity contribution in [3.05, 3.63) is 0 Å². The van der Waals surface area contributed by atoms with E-state index in [1.54, 1.807) is 0 Å². The lowest BCUT2D eigenvalue weighted by atomic mass is 9.76. The van der Waals surface area contributed by atoms with E-state index in [1.807, 2.05) is 6.92 Å². The van der Waals surface area contributed by atoms with Crippen LogP contribution in [0.5, 0.6) is 0 Å². The fourth-order valence-corrected chi connectivity index (χ4v) is 2.87. The number of ether oxygens (including phenoxy) is 2. The van der Waals surface area contributed by atoms with E-state index < -0.39 is 5.54 Å². The molecular weight excluding hydrogens is 230 g/mol. The van der Waals surface area contributed by atoms with Crippen molar-refractivity contribution in [3.8, 4) is 0 Å². The zero-order valence-corrected chi connectivity index (χ0v) is 11.5. The summed E-state index contributed by atoms with van der Waals surface area (Å²) in [4.78, 5) is 12.0. The first-order valence-electron chi connectivity index (χ1n) is 7.09. The van der Waals surface area contributed by atoms with Crippen LogP contribution in [0.25, 0.3) is 0 Å². The van der Waals surface area contributed by atoms with E-state index in [4.69, 9.17) is 9.47 Å². The largest absolute Gasteiger partial charge is 0.468 e. The van der Waals surface area contributed by atoms with Crippen molar-refractivity contribution in [2.24, 2.45) is 5.92 Å². The summed E-state index contributed by atoms with van der Waals surface area (Å²) in [7, 11) is 1.47. The van der Waals surface area contributed by atoms with Gasteiger partial charge < -0.3 is 9.47 Å². The fourth-order valence-electron chi connectivity index (χ4n) is 2.87. The minimum atomic E-state index is -0.550. The second-order valence-electron chi connectivity index (χ2n) is 5.84. The second kappa shape index (κ2) is 6.02. The lowest BCUT2D eigenvalue weighted by molar-refractivity contribution is -0.149. The number of carbonyl (C=O) groups excluding carboxylic acids is 1. The van der Waals surface area contributed by atoms with E-state index in [0.717, 1.165) is 32.4 Å². The van der Waals surface area contributed by atoms with Crippen LogP contribution in [0.2, 0.25) is 0 Å². The van der Waals surface area contributed by atoms with Crippen LogP contribution >= 0.6 is 0 Å². The summed E-state index contributed by atoms with van der Waals surface area (Å²) in [5.74, 6) is 0.526. The maximum absolute atomic E-state index is 12.0. The quantitative estimate of drug-likeness (QED) is 0.736. The summed E-state index contributed by atoms with van der Waals surface area (Å²) in [5.41, 5.74) is -0.550. The molecule has 104 valence electrons.